The van der Waals surface area contributed by atoms with Crippen molar-refractivity contribution in [2.24, 2.45) is 0 Å². The maximum atomic E-state index is 12.4. The molecular weight excluding hydrogens is 388 g/mol. The number of rotatable bonds is 4. The van der Waals surface area contributed by atoms with Crippen LogP contribution in [0.5, 0.6) is 0 Å². The number of piperazine rings is 1. The summed E-state index contributed by atoms with van der Waals surface area (Å²) in [6.07, 6.45) is 1.19. The van der Waals surface area contributed by atoms with Crippen molar-refractivity contribution in [3.05, 3.63) is 59.7 Å². The van der Waals surface area contributed by atoms with Gasteiger partial charge in [0.2, 0.25) is 0 Å². The third kappa shape index (κ3) is 3.41. The van der Waals surface area contributed by atoms with Crippen LogP contribution in [0.3, 0.4) is 0 Å². The number of amides is 1. The lowest BCUT2D eigenvalue weighted by Gasteiger charge is -2.38. The number of aromatic amines is 1. The molecule has 1 aliphatic carbocycles. The van der Waals surface area contributed by atoms with E-state index in [1.54, 1.807) is 4.90 Å². The van der Waals surface area contributed by atoms with Crippen LogP contribution in [0.15, 0.2) is 43.0 Å². The first kappa shape index (κ1) is 19.8. The van der Waals surface area contributed by atoms with E-state index in [0.717, 1.165) is 57.6 Å². The van der Waals surface area contributed by atoms with Crippen LogP contribution in [0.25, 0.3) is 27.9 Å². The molecule has 2 aliphatic rings. The highest BCUT2D eigenvalue weighted by Gasteiger charge is 2.50. The number of carbonyl (C=O) groups is 1. The van der Waals surface area contributed by atoms with Gasteiger partial charge in [0, 0.05) is 48.4 Å². The second-order valence-corrected chi connectivity index (χ2v) is 8.86. The Labute approximate surface area is 182 Å². The van der Waals surface area contributed by atoms with Crippen molar-refractivity contribution in [1.82, 2.24) is 20.0 Å². The van der Waals surface area contributed by atoms with Crippen molar-refractivity contribution in [3.63, 3.8) is 0 Å². The monoisotopic (exact) mass is 416 g/mol. The second-order valence-electron chi connectivity index (χ2n) is 8.86. The van der Waals surface area contributed by atoms with Gasteiger partial charge in [-0.2, -0.15) is 5.10 Å². The van der Waals surface area contributed by atoms with Crippen molar-refractivity contribution in [2.75, 3.05) is 26.2 Å². The number of aliphatic hydroxyl groups is 1. The first-order valence-corrected chi connectivity index (χ1v) is 10.9. The molecule has 6 heteroatoms. The van der Waals surface area contributed by atoms with Crippen LogP contribution >= 0.6 is 0 Å². The molecule has 0 unspecified atom stereocenters. The molecule has 2 fully saturated rings. The minimum atomic E-state index is -1.08. The van der Waals surface area contributed by atoms with E-state index < -0.39 is 5.60 Å². The van der Waals surface area contributed by atoms with Gasteiger partial charge in [-0.05, 0) is 43.9 Å². The summed E-state index contributed by atoms with van der Waals surface area (Å²) in [5.41, 5.74) is 6.47. The smallest absolute Gasteiger partial charge is 0.254 e. The number of hydrogen-bond acceptors (Lipinski definition) is 4. The van der Waals surface area contributed by atoms with Crippen LogP contribution in [-0.4, -0.2) is 62.8 Å². The second kappa shape index (κ2) is 7.24. The highest BCUT2D eigenvalue weighted by atomic mass is 16.3. The Morgan fingerprint density at radius 2 is 1.77 bits per heavy atom. The molecule has 0 spiro atoms. The van der Waals surface area contributed by atoms with Gasteiger partial charge in [-0.1, -0.05) is 36.9 Å². The van der Waals surface area contributed by atoms with Gasteiger partial charge in [-0.3, -0.25) is 9.89 Å². The molecule has 0 atom stereocenters. The molecule has 0 bridgehead atoms. The molecule has 5 rings (SSSR count). The maximum Gasteiger partial charge on any atom is 0.254 e. The summed E-state index contributed by atoms with van der Waals surface area (Å²) >= 11 is 0. The van der Waals surface area contributed by atoms with Crippen LogP contribution in [0, 0.1) is 13.8 Å². The van der Waals surface area contributed by atoms with Crippen molar-refractivity contribution >= 4 is 22.5 Å². The summed E-state index contributed by atoms with van der Waals surface area (Å²) in [5.74, 6) is -0.111. The molecule has 3 aromatic rings. The van der Waals surface area contributed by atoms with Crippen molar-refractivity contribution in [2.45, 2.75) is 32.3 Å². The van der Waals surface area contributed by atoms with Crippen LogP contribution < -0.4 is 0 Å². The van der Waals surface area contributed by atoms with E-state index in [9.17, 15) is 9.90 Å². The van der Waals surface area contributed by atoms with E-state index in [2.05, 4.69) is 71.9 Å². The van der Waals surface area contributed by atoms with Crippen LogP contribution in [0.1, 0.15) is 29.5 Å². The summed E-state index contributed by atoms with van der Waals surface area (Å²) in [4.78, 5) is 16.4. The van der Waals surface area contributed by atoms with Gasteiger partial charge in [-0.25, -0.2) is 0 Å². The Kier molecular flexibility index (Phi) is 4.63. The zero-order valence-electron chi connectivity index (χ0n) is 18.1. The van der Waals surface area contributed by atoms with Crippen molar-refractivity contribution in [1.29, 1.82) is 0 Å². The lowest BCUT2D eigenvalue weighted by molar-refractivity contribution is -0.143. The molecule has 1 aliphatic heterocycles. The van der Waals surface area contributed by atoms with Gasteiger partial charge >= 0.3 is 0 Å². The SMILES string of the molecule is C=C(c1ccc(-c2[nH]nc3c(C)cccc23)cc1C)N1CCN(C(=O)C2(O)CC2)CC1. The van der Waals surface area contributed by atoms with E-state index in [-0.39, 0.29) is 5.91 Å². The van der Waals surface area contributed by atoms with Gasteiger partial charge in [0.15, 0.2) is 0 Å². The predicted octanol–water partition coefficient (Wildman–Crippen LogP) is 3.49. The number of nitrogens with zero attached hydrogens (tertiary/aromatic N) is 3. The number of aryl methyl sites for hydroxylation is 2. The number of benzene rings is 2. The number of carbonyl (C=O) groups excluding carboxylic acids is 1. The standard InChI is InChI=1S/C25H28N4O2/c1-16-5-4-6-21-22(16)26-27-23(21)19-7-8-20(17(2)15-19)18(3)28-11-13-29(14-12-28)24(30)25(31)9-10-25/h4-8,15,31H,3,9-14H2,1-2H3,(H,26,27). The fourth-order valence-electron chi connectivity index (χ4n) is 4.52. The van der Waals surface area contributed by atoms with E-state index in [0.29, 0.717) is 25.9 Å². The van der Waals surface area contributed by atoms with Crippen LogP contribution in [0.4, 0.5) is 0 Å². The molecule has 1 saturated heterocycles. The Hall–Kier alpha value is -3.12. The molecule has 2 heterocycles. The molecule has 2 aromatic carbocycles. The van der Waals surface area contributed by atoms with Gasteiger partial charge in [-0.15, -0.1) is 0 Å². The average molecular weight is 417 g/mol. The van der Waals surface area contributed by atoms with Crippen LogP contribution in [0.2, 0.25) is 0 Å². The number of para-hydroxylation sites is 1. The number of hydrogen-bond donors (Lipinski definition) is 2. The normalized spacial score (nSPS) is 17.8. The summed E-state index contributed by atoms with van der Waals surface area (Å²) in [5, 5.41) is 18.9. The molecule has 160 valence electrons. The Bertz CT molecular complexity index is 1180. The fourth-order valence-corrected chi connectivity index (χ4v) is 4.52. The van der Waals surface area contributed by atoms with E-state index in [1.807, 2.05) is 0 Å². The number of nitrogens with one attached hydrogen (secondary N) is 1. The minimum Gasteiger partial charge on any atom is -0.380 e. The maximum absolute atomic E-state index is 12.4. The molecular formula is C25H28N4O2. The Morgan fingerprint density at radius 3 is 2.45 bits per heavy atom. The topological polar surface area (TPSA) is 72.5 Å². The Balaban J connectivity index is 1.33. The fraction of sp³-hybridized carbons (Fsp3) is 0.360. The first-order valence-electron chi connectivity index (χ1n) is 10.9. The van der Waals surface area contributed by atoms with Crippen molar-refractivity contribution in [3.8, 4) is 11.3 Å². The van der Waals surface area contributed by atoms with E-state index in [4.69, 9.17) is 0 Å². The summed E-state index contributed by atoms with van der Waals surface area (Å²) in [6, 6.07) is 12.7. The summed E-state index contributed by atoms with van der Waals surface area (Å²) < 4.78 is 0. The zero-order valence-corrected chi connectivity index (χ0v) is 18.1. The molecule has 6 nitrogen and oxygen atoms in total. The molecule has 1 saturated carbocycles. The lowest BCUT2D eigenvalue weighted by atomic mass is 9.98. The third-order valence-corrected chi connectivity index (χ3v) is 6.68. The van der Waals surface area contributed by atoms with Gasteiger partial charge in [0.1, 0.15) is 5.60 Å². The molecule has 1 amide bonds. The first-order chi connectivity index (χ1) is 14.9. The summed E-state index contributed by atoms with van der Waals surface area (Å²) in [6.45, 7) is 11.2. The quantitative estimate of drug-likeness (QED) is 0.683. The van der Waals surface area contributed by atoms with Crippen LogP contribution in [-0.2, 0) is 4.79 Å². The molecule has 31 heavy (non-hydrogen) atoms. The van der Waals surface area contributed by atoms with E-state index in [1.165, 1.54) is 0 Å². The summed E-state index contributed by atoms with van der Waals surface area (Å²) in [7, 11) is 0. The number of aromatic nitrogens is 2. The highest BCUT2D eigenvalue weighted by molar-refractivity contribution is 5.94. The van der Waals surface area contributed by atoms with Gasteiger partial charge < -0.3 is 14.9 Å². The van der Waals surface area contributed by atoms with E-state index >= 15 is 0 Å². The molecule has 0 radical (unpaired) electrons. The predicted molar refractivity (Wildman–Crippen MR) is 122 cm³/mol. The number of fused-ring (bicyclic) bond motifs is 1. The van der Waals surface area contributed by atoms with Crippen molar-refractivity contribution < 1.29 is 9.90 Å². The van der Waals surface area contributed by atoms with Gasteiger partial charge in [0.05, 0.1) is 11.2 Å². The minimum absolute atomic E-state index is 0.111. The average Bonchev–Trinajstić information content (AvgIpc) is 3.37. The largest absolute Gasteiger partial charge is 0.380 e. The third-order valence-electron chi connectivity index (χ3n) is 6.68. The molecule has 1 aromatic heterocycles. The van der Waals surface area contributed by atoms with Gasteiger partial charge in [0.25, 0.3) is 5.91 Å². The number of H-pyrrole nitrogens is 1. The highest BCUT2D eigenvalue weighted by Crippen LogP contribution is 2.37. The Morgan fingerprint density at radius 1 is 1.06 bits per heavy atom. The lowest BCUT2D eigenvalue weighted by Crippen LogP contribution is -2.51. The zero-order chi connectivity index (χ0) is 21.8. The molecule has 2 N–H and O–H groups in total.